The van der Waals surface area contributed by atoms with Crippen LogP contribution in [0.1, 0.15) is 63.9 Å². The SMILES string of the molecule is Cc1ccc([C@H]2NC(=O)c3c(sc4c3CC[C@@H](C(C)(C)C)C4)N2)s1. The van der Waals surface area contributed by atoms with Gasteiger partial charge in [0.25, 0.3) is 5.91 Å². The van der Waals surface area contributed by atoms with Crippen molar-refractivity contribution in [1.29, 1.82) is 0 Å². The van der Waals surface area contributed by atoms with E-state index in [9.17, 15) is 4.79 Å². The maximum atomic E-state index is 12.7. The number of anilines is 1. The number of hydrogen-bond acceptors (Lipinski definition) is 4. The Bertz CT molecular complexity index is 797. The summed E-state index contributed by atoms with van der Waals surface area (Å²) in [6, 6.07) is 4.21. The first kappa shape index (κ1) is 16.2. The van der Waals surface area contributed by atoms with Crippen LogP contribution in [0.25, 0.3) is 0 Å². The Hall–Kier alpha value is -1.33. The van der Waals surface area contributed by atoms with Crippen LogP contribution in [-0.4, -0.2) is 5.91 Å². The number of thiophene rings is 2. The lowest BCUT2D eigenvalue weighted by molar-refractivity contribution is 0.0935. The Morgan fingerprint density at radius 2 is 1.96 bits per heavy atom. The lowest BCUT2D eigenvalue weighted by atomic mass is 9.72. The molecule has 1 aliphatic carbocycles. The monoisotopic (exact) mass is 360 g/mol. The fourth-order valence-corrected chi connectivity index (χ4v) is 6.02. The summed E-state index contributed by atoms with van der Waals surface area (Å²) in [4.78, 5) is 16.6. The van der Waals surface area contributed by atoms with E-state index in [0.717, 1.165) is 23.4 Å². The molecule has 2 atom stereocenters. The van der Waals surface area contributed by atoms with Crippen LogP contribution in [-0.2, 0) is 12.8 Å². The maximum Gasteiger partial charge on any atom is 0.256 e. The molecule has 3 nitrogen and oxygen atoms in total. The molecule has 0 saturated heterocycles. The average molecular weight is 361 g/mol. The molecule has 0 saturated carbocycles. The van der Waals surface area contributed by atoms with Gasteiger partial charge in [0.1, 0.15) is 11.2 Å². The molecule has 1 amide bonds. The van der Waals surface area contributed by atoms with Crippen molar-refractivity contribution < 1.29 is 4.79 Å². The zero-order valence-electron chi connectivity index (χ0n) is 14.7. The van der Waals surface area contributed by atoms with Gasteiger partial charge in [-0.3, -0.25) is 4.79 Å². The summed E-state index contributed by atoms with van der Waals surface area (Å²) in [5.41, 5.74) is 2.53. The molecule has 128 valence electrons. The number of nitrogens with one attached hydrogen (secondary N) is 2. The second kappa shape index (κ2) is 5.60. The number of carbonyl (C=O) groups excluding carboxylic acids is 1. The lowest BCUT2D eigenvalue weighted by Crippen LogP contribution is -2.38. The van der Waals surface area contributed by atoms with Gasteiger partial charge in [-0.1, -0.05) is 20.8 Å². The summed E-state index contributed by atoms with van der Waals surface area (Å²) in [7, 11) is 0. The molecular formula is C19H24N2OS2. The Kier molecular flexibility index (Phi) is 3.77. The number of rotatable bonds is 1. The van der Waals surface area contributed by atoms with Gasteiger partial charge in [-0.2, -0.15) is 0 Å². The van der Waals surface area contributed by atoms with Crippen LogP contribution in [0.5, 0.6) is 0 Å². The minimum absolute atomic E-state index is 0.0894. The number of carbonyl (C=O) groups is 1. The van der Waals surface area contributed by atoms with Crippen LogP contribution in [0.15, 0.2) is 12.1 Å². The van der Waals surface area contributed by atoms with E-state index < -0.39 is 0 Å². The number of aryl methyl sites for hydroxylation is 1. The molecule has 2 aromatic heterocycles. The Morgan fingerprint density at radius 3 is 2.62 bits per heavy atom. The van der Waals surface area contributed by atoms with Gasteiger partial charge in [-0.15, -0.1) is 22.7 Å². The summed E-state index contributed by atoms with van der Waals surface area (Å²) in [6.45, 7) is 9.09. The predicted octanol–water partition coefficient (Wildman–Crippen LogP) is 5.12. The van der Waals surface area contributed by atoms with Crippen molar-refractivity contribution in [3.63, 3.8) is 0 Å². The summed E-state index contributed by atoms with van der Waals surface area (Å²) >= 11 is 3.54. The van der Waals surface area contributed by atoms with Crippen LogP contribution in [0.3, 0.4) is 0 Å². The molecule has 0 spiro atoms. The van der Waals surface area contributed by atoms with E-state index in [4.69, 9.17) is 0 Å². The molecule has 4 rings (SSSR count). The lowest BCUT2D eigenvalue weighted by Gasteiger charge is -2.34. The van der Waals surface area contributed by atoms with Crippen LogP contribution in [0.4, 0.5) is 5.00 Å². The highest BCUT2D eigenvalue weighted by atomic mass is 32.1. The highest BCUT2D eigenvalue weighted by Crippen LogP contribution is 2.46. The summed E-state index contributed by atoms with van der Waals surface area (Å²) in [5.74, 6) is 0.787. The summed E-state index contributed by atoms with van der Waals surface area (Å²) < 4.78 is 0. The van der Waals surface area contributed by atoms with E-state index in [-0.39, 0.29) is 12.1 Å². The summed E-state index contributed by atoms with van der Waals surface area (Å²) in [6.07, 6.45) is 3.22. The highest BCUT2D eigenvalue weighted by Gasteiger charge is 2.36. The van der Waals surface area contributed by atoms with Gasteiger partial charge in [0.15, 0.2) is 0 Å². The molecule has 5 heteroatoms. The van der Waals surface area contributed by atoms with E-state index in [0.29, 0.717) is 11.3 Å². The first-order valence-electron chi connectivity index (χ1n) is 8.61. The summed E-state index contributed by atoms with van der Waals surface area (Å²) in [5, 5.41) is 7.78. The molecule has 0 bridgehead atoms. The standard InChI is InChI=1S/C19H24N2OS2/c1-10-5-8-13(23-10)16-20-17(22)15-12-7-6-11(19(2,3)4)9-14(12)24-18(15)21-16/h5,8,11,16,21H,6-7,9H2,1-4H3,(H,20,22)/t11-,16+/m1/s1. The van der Waals surface area contributed by atoms with Gasteiger partial charge in [-0.05, 0) is 55.2 Å². The fraction of sp³-hybridized carbons (Fsp3) is 0.526. The van der Waals surface area contributed by atoms with Gasteiger partial charge in [-0.25, -0.2) is 0 Å². The molecule has 0 radical (unpaired) electrons. The minimum atomic E-state index is -0.0952. The maximum absolute atomic E-state index is 12.7. The molecule has 1 aliphatic heterocycles. The van der Waals surface area contributed by atoms with Gasteiger partial charge in [0, 0.05) is 14.6 Å². The molecule has 2 aromatic rings. The van der Waals surface area contributed by atoms with Gasteiger partial charge in [0.2, 0.25) is 0 Å². The molecule has 2 aliphatic rings. The third-order valence-electron chi connectivity index (χ3n) is 5.31. The van der Waals surface area contributed by atoms with Crippen molar-refractivity contribution in [3.8, 4) is 0 Å². The van der Waals surface area contributed by atoms with E-state index in [1.807, 2.05) is 0 Å². The molecule has 3 heterocycles. The Morgan fingerprint density at radius 1 is 1.17 bits per heavy atom. The molecular weight excluding hydrogens is 336 g/mol. The van der Waals surface area contributed by atoms with Crippen LogP contribution in [0.2, 0.25) is 0 Å². The Labute approximate surface area is 151 Å². The zero-order valence-corrected chi connectivity index (χ0v) is 16.3. The van der Waals surface area contributed by atoms with Gasteiger partial charge < -0.3 is 10.6 Å². The molecule has 0 fully saturated rings. The topological polar surface area (TPSA) is 41.1 Å². The van der Waals surface area contributed by atoms with E-state index in [1.54, 1.807) is 22.7 Å². The first-order valence-corrected chi connectivity index (χ1v) is 10.2. The van der Waals surface area contributed by atoms with E-state index in [1.165, 1.54) is 26.6 Å². The zero-order chi connectivity index (χ0) is 17.1. The van der Waals surface area contributed by atoms with E-state index >= 15 is 0 Å². The Balaban J connectivity index is 1.65. The molecule has 2 N–H and O–H groups in total. The van der Waals surface area contributed by atoms with Crippen molar-refractivity contribution in [2.24, 2.45) is 11.3 Å². The quantitative estimate of drug-likeness (QED) is 0.741. The second-order valence-corrected chi connectivity index (χ2v) is 10.4. The van der Waals surface area contributed by atoms with Crippen molar-refractivity contribution >= 4 is 33.6 Å². The van der Waals surface area contributed by atoms with Crippen LogP contribution < -0.4 is 10.6 Å². The number of amides is 1. The third-order valence-corrected chi connectivity index (χ3v) is 7.56. The predicted molar refractivity (Wildman–Crippen MR) is 102 cm³/mol. The smallest absolute Gasteiger partial charge is 0.256 e. The number of hydrogen-bond donors (Lipinski definition) is 2. The average Bonchev–Trinajstić information content (AvgIpc) is 3.08. The molecule has 24 heavy (non-hydrogen) atoms. The van der Waals surface area contributed by atoms with Crippen LogP contribution in [0, 0.1) is 18.3 Å². The van der Waals surface area contributed by atoms with Gasteiger partial charge >= 0.3 is 0 Å². The second-order valence-electron chi connectivity index (χ2n) is 8.01. The van der Waals surface area contributed by atoms with E-state index in [2.05, 4.69) is 50.5 Å². The first-order chi connectivity index (χ1) is 11.3. The van der Waals surface area contributed by atoms with Crippen molar-refractivity contribution in [1.82, 2.24) is 5.32 Å². The van der Waals surface area contributed by atoms with Crippen molar-refractivity contribution in [2.45, 2.75) is 53.1 Å². The third kappa shape index (κ3) is 2.68. The minimum Gasteiger partial charge on any atom is -0.352 e. The molecule has 0 aromatic carbocycles. The van der Waals surface area contributed by atoms with Crippen LogP contribution >= 0.6 is 22.7 Å². The largest absolute Gasteiger partial charge is 0.352 e. The van der Waals surface area contributed by atoms with Crippen molar-refractivity contribution in [3.05, 3.63) is 37.9 Å². The fourth-order valence-electron chi connectivity index (χ4n) is 3.79. The highest BCUT2D eigenvalue weighted by molar-refractivity contribution is 7.17. The number of fused-ring (bicyclic) bond motifs is 3. The van der Waals surface area contributed by atoms with Crippen molar-refractivity contribution in [2.75, 3.05) is 5.32 Å². The van der Waals surface area contributed by atoms with Gasteiger partial charge in [0.05, 0.1) is 5.56 Å². The normalized spacial score (nSPS) is 23.2. The molecule has 0 unspecified atom stereocenters.